The fraction of sp³-hybridized carbons (Fsp3) is 0.538. The van der Waals surface area contributed by atoms with Crippen LogP contribution < -0.4 is 16.2 Å². The van der Waals surface area contributed by atoms with Crippen LogP contribution in [-0.4, -0.2) is 29.1 Å². The van der Waals surface area contributed by atoms with E-state index in [2.05, 4.69) is 17.6 Å². The molecular formula is C13H20ClN3O2. The predicted molar refractivity (Wildman–Crippen MR) is 76.9 cm³/mol. The molecule has 5 nitrogen and oxygen atoms in total. The van der Waals surface area contributed by atoms with Gasteiger partial charge in [0, 0.05) is 37.0 Å². The lowest BCUT2D eigenvalue weighted by molar-refractivity contribution is 0.0919. The second-order valence-corrected chi connectivity index (χ2v) is 4.83. The van der Waals surface area contributed by atoms with E-state index in [1.807, 2.05) is 0 Å². The number of carbonyl (C=O) groups excluding carboxylic acids is 1. The number of pyridine rings is 1. The first-order chi connectivity index (χ1) is 8.58. The topological polar surface area (TPSA) is 63.1 Å². The lowest BCUT2D eigenvalue weighted by Crippen LogP contribution is -2.52. The van der Waals surface area contributed by atoms with Crippen molar-refractivity contribution in [2.45, 2.75) is 31.8 Å². The Labute approximate surface area is 118 Å². The minimum absolute atomic E-state index is 0. The van der Waals surface area contributed by atoms with Crippen LogP contribution in [0, 0.1) is 0 Å². The summed E-state index contributed by atoms with van der Waals surface area (Å²) in [7, 11) is 1.66. The van der Waals surface area contributed by atoms with Crippen LogP contribution in [0.2, 0.25) is 0 Å². The van der Waals surface area contributed by atoms with Gasteiger partial charge in [0.05, 0.1) is 0 Å². The second-order valence-electron chi connectivity index (χ2n) is 4.83. The molecule has 2 rings (SSSR count). The Morgan fingerprint density at radius 1 is 1.53 bits per heavy atom. The maximum atomic E-state index is 12.0. The molecule has 1 fully saturated rings. The molecule has 0 spiro atoms. The van der Waals surface area contributed by atoms with Gasteiger partial charge >= 0.3 is 0 Å². The average molecular weight is 286 g/mol. The number of hydrogen-bond donors (Lipinski definition) is 2. The first-order valence-electron chi connectivity index (χ1n) is 6.29. The van der Waals surface area contributed by atoms with Gasteiger partial charge in [-0.25, -0.2) is 0 Å². The number of halogens is 1. The number of aromatic nitrogens is 1. The Morgan fingerprint density at radius 3 is 2.89 bits per heavy atom. The molecule has 19 heavy (non-hydrogen) atoms. The SMILES string of the molecule is CC1NCCCC1NC(=O)c1ccn(C)c(=O)c1.Cl. The van der Waals surface area contributed by atoms with E-state index >= 15 is 0 Å². The molecule has 6 heteroatoms. The number of rotatable bonds is 2. The Morgan fingerprint density at radius 2 is 2.26 bits per heavy atom. The highest BCUT2D eigenvalue weighted by Gasteiger charge is 2.22. The van der Waals surface area contributed by atoms with Crippen molar-refractivity contribution in [1.82, 2.24) is 15.2 Å². The molecule has 1 aliphatic rings. The third-order valence-corrected chi connectivity index (χ3v) is 3.44. The van der Waals surface area contributed by atoms with Crippen molar-refractivity contribution in [3.05, 3.63) is 34.2 Å². The molecule has 0 aliphatic carbocycles. The van der Waals surface area contributed by atoms with E-state index in [0.29, 0.717) is 5.56 Å². The van der Waals surface area contributed by atoms with Gasteiger partial charge in [-0.1, -0.05) is 0 Å². The Balaban J connectivity index is 0.00000180. The maximum Gasteiger partial charge on any atom is 0.251 e. The first kappa shape index (κ1) is 15.7. The molecule has 106 valence electrons. The van der Waals surface area contributed by atoms with Gasteiger partial charge in [0.1, 0.15) is 0 Å². The van der Waals surface area contributed by atoms with Crippen molar-refractivity contribution >= 4 is 18.3 Å². The fourth-order valence-corrected chi connectivity index (χ4v) is 2.18. The maximum absolute atomic E-state index is 12.0. The minimum Gasteiger partial charge on any atom is -0.348 e. The lowest BCUT2D eigenvalue weighted by Gasteiger charge is -2.30. The molecule has 2 N–H and O–H groups in total. The zero-order valence-electron chi connectivity index (χ0n) is 11.2. The third kappa shape index (κ3) is 3.81. The van der Waals surface area contributed by atoms with E-state index in [4.69, 9.17) is 0 Å². The molecule has 0 aromatic carbocycles. The van der Waals surface area contributed by atoms with Crippen molar-refractivity contribution < 1.29 is 4.79 Å². The van der Waals surface area contributed by atoms with E-state index < -0.39 is 0 Å². The van der Waals surface area contributed by atoms with Crippen molar-refractivity contribution in [3.63, 3.8) is 0 Å². The summed E-state index contributed by atoms with van der Waals surface area (Å²) in [4.78, 5) is 23.5. The molecule has 1 aromatic rings. The van der Waals surface area contributed by atoms with Crippen LogP contribution in [-0.2, 0) is 7.05 Å². The summed E-state index contributed by atoms with van der Waals surface area (Å²) in [5.41, 5.74) is 0.258. The van der Waals surface area contributed by atoms with Crippen molar-refractivity contribution in [2.75, 3.05) is 6.54 Å². The molecule has 0 bridgehead atoms. The van der Waals surface area contributed by atoms with Crippen LogP contribution in [0.15, 0.2) is 23.1 Å². The monoisotopic (exact) mass is 285 g/mol. The molecule has 1 aliphatic heterocycles. The van der Waals surface area contributed by atoms with E-state index in [9.17, 15) is 9.59 Å². The van der Waals surface area contributed by atoms with E-state index in [1.54, 1.807) is 19.3 Å². The highest BCUT2D eigenvalue weighted by Crippen LogP contribution is 2.09. The summed E-state index contributed by atoms with van der Waals surface area (Å²) in [5, 5.41) is 6.31. The average Bonchev–Trinajstić information content (AvgIpc) is 2.35. The highest BCUT2D eigenvalue weighted by atomic mass is 35.5. The van der Waals surface area contributed by atoms with Gasteiger partial charge in [-0.15, -0.1) is 12.4 Å². The lowest BCUT2D eigenvalue weighted by atomic mass is 9.99. The van der Waals surface area contributed by atoms with Crippen molar-refractivity contribution in [1.29, 1.82) is 0 Å². The van der Waals surface area contributed by atoms with Gasteiger partial charge in [-0.05, 0) is 32.4 Å². The van der Waals surface area contributed by atoms with Gasteiger partial charge in [0.15, 0.2) is 0 Å². The third-order valence-electron chi connectivity index (χ3n) is 3.44. The molecule has 1 amide bonds. The summed E-state index contributed by atoms with van der Waals surface area (Å²) in [6.45, 7) is 3.06. The van der Waals surface area contributed by atoms with Crippen LogP contribution in [0.3, 0.4) is 0 Å². The molecular weight excluding hydrogens is 266 g/mol. The first-order valence-corrected chi connectivity index (χ1v) is 6.29. The van der Waals surface area contributed by atoms with Gasteiger partial charge < -0.3 is 15.2 Å². The number of aryl methyl sites for hydroxylation is 1. The van der Waals surface area contributed by atoms with Gasteiger partial charge in [0.25, 0.3) is 11.5 Å². The molecule has 2 unspecified atom stereocenters. The van der Waals surface area contributed by atoms with Crippen molar-refractivity contribution in [3.8, 4) is 0 Å². The second kappa shape index (κ2) is 6.73. The predicted octanol–water partition coefficient (Wildman–Crippen LogP) is 0.677. The molecule has 2 heterocycles. The smallest absolute Gasteiger partial charge is 0.251 e. The van der Waals surface area contributed by atoms with Gasteiger partial charge in [-0.3, -0.25) is 9.59 Å². The Kier molecular flexibility index (Phi) is 5.57. The largest absolute Gasteiger partial charge is 0.348 e. The summed E-state index contributed by atoms with van der Waals surface area (Å²) < 4.78 is 1.45. The number of nitrogens with zero attached hydrogens (tertiary/aromatic N) is 1. The number of nitrogens with one attached hydrogen (secondary N) is 2. The van der Waals surface area contributed by atoms with Gasteiger partial charge in [0.2, 0.25) is 0 Å². The quantitative estimate of drug-likeness (QED) is 0.840. The highest BCUT2D eigenvalue weighted by molar-refractivity contribution is 5.94. The number of amides is 1. The number of carbonyl (C=O) groups is 1. The van der Waals surface area contributed by atoms with E-state index in [-0.39, 0.29) is 36.0 Å². The standard InChI is InChI=1S/C13H19N3O2.ClH/c1-9-11(4-3-6-14-9)15-13(18)10-5-7-16(2)12(17)8-10;/h5,7-9,11,14H,3-4,6H2,1-2H3,(H,15,18);1H. The number of piperidine rings is 1. The van der Waals surface area contributed by atoms with E-state index in [0.717, 1.165) is 19.4 Å². The Bertz CT molecular complexity index is 501. The molecule has 1 aromatic heterocycles. The molecule has 2 atom stereocenters. The summed E-state index contributed by atoms with van der Waals surface area (Å²) >= 11 is 0. The van der Waals surface area contributed by atoms with Crippen LogP contribution in [0.4, 0.5) is 0 Å². The molecule has 0 saturated carbocycles. The zero-order chi connectivity index (χ0) is 13.1. The summed E-state index contributed by atoms with van der Waals surface area (Å²) in [5.74, 6) is -0.173. The van der Waals surface area contributed by atoms with Crippen molar-refractivity contribution in [2.24, 2.45) is 7.05 Å². The van der Waals surface area contributed by atoms with Crippen LogP contribution >= 0.6 is 12.4 Å². The summed E-state index contributed by atoms with van der Waals surface area (Å²) in [6, 6.07) is 3.44. The van der Waals surface area contributed by atoms with E-state index in [1.165, 1.54) is 10.6 Å². The molecule has 1 saturated heterocycles. The summed E-state index contributed by atoms with van der Waals surface area (Å²) in [6.07, 6.45) is 3.65. The normalized spacial score (nSPS) is 22.4. The molecule has 0 radical (unpaired) electrons. The minimum atomic E-state index is -0.173. The zero-order valence-corrected chi connectivity index (χ0v) is 12.0. The van der Waals surface area contributed by atoms with Crippen LogP contribution in [0.5, 0.6) is 0 Å². The fourth-order valence-electron chi connectivity index (χ4n) is 2.18. The van der Waals surface area contributed by atoms with Crippen LogP contribution in [0.25, 0.3) is 0 Å². The Hall–Kier alpha value is -1.33. The number of hydrogen-bond acceptors (Lipinski definition) is 3. The van der Waals surface area contributed by atoms with Crippen LogP contribution in [0.1, 0.15) is 30.1 Å². The van der Waals surface area contributed by atoms with Gasteiger partial charge in [-0.2, -0.15) is 0 Å².